The van der Waals surface area contributed by atoms with Crippen LogP contribution >= 0.6 is 0 Å². The third kappa shape index (κ3) is 4.46. The molecule has 2 saturated heterocycles. The van der Waals surface area contributed by atoms with Gasteiger partial charge in [0.15, 0.2) is 0 Å². The highest BCUT2D eigenvalue weighted by Gasteiger charge is 2.47. The van der Waals surface area contributed by atoms with Crippen molar-refractivity contribution in [1.29, 1.82) is 0 Å². The Balaban J connectivity index is 1.56. The van der Waals surface area contributed by atoms with Crippen molar-refractivity contribution < 1.29 is 14.4 Å². The maximum Gasteiger partial charge on any atom is 0.325 e. The smallest absolute Gasteiger partial charge is 0.325 e. The van der Waals surface area contributed by atoms with E-state index < -0.39 is 11.6 Å². The zero-order chi connectivity index (χ0) is 20.3. The summed E-state index contributed by atoms with van der Waals surface area (Å²) in [6, 6.07) is 7.17. The van der Waals surface area contributed by atoms with Crippen molar-refractivity contribution >= 4 is 29.2 Å². The molecule has 0 saturated carbocycles. The van der Waals surface area contributed by atoms with Gasteiger partial charge in [0.25, 0.3) is 5.91 Å². The van der Waals surface area contributed by atoms with Gasteiger partial charge in [0.2, 0.25) is 5.91 Å². The molecule has 28 heavy (non-hydrogen) atoms. The number of carbonyl (C=O) groups is 3. The molecule has 0 spiro atoms. The van der Waals surface area contributed by atoms with E-state index in [-0.39, 0.29) is 18.4 Å². The molecular weight excluding hydrogens is 356 g/mol. The van der Waals surface area contributed by atoms with E-state index in [1.165, 1.54) is 12.8 Å². The van der Waals surface area contributed by atoms with Crippen molar-refractivity contribution in [2.45, 2.75) is 52.0 Å². The number of amides is 4. The standard InChI is InChI=1S/C21H30N4O3/c1-15(2)10-11-21(3)19(27)25(20(28)23-21)14-18(26)22-16-6-8-17(9-7-16)24-12-4-5-13-24/h6-9,15H,4-5,10-14H2,1-3H3,(H,22,26)(H,23,28)/t21-/m0/s1. The highest BCUT2D eigenvalue weighted by atomic mass is 16.2. The van der Waals surface area contributed by atoms with Crippen LogP contribution in [0.15, 0.2) is 24.3 Å². The number of anilines is 2. The Morgan fingerprint density at radius 2 is 1.82 bits per heavy atom. The van der Waals surface area contributed by atoms with Crippen molar-refractivity contribution in [3.63, 3.8) is 0 Å². The topological polar surface area (TPSA) is 81.8 Å². The number of nitrogens with one attached hydrogen (secondary N) is 2. The second kappa shape index (κ2) is 8.20. The van der Waals surface area contributed by atoms with E-state index >= 15 is 0 Å². The van der Waals surface area contributed by atoms with Gasteiger partial charge in [-0.2, -0.15) is 0 Å². The van der Waals surface area contributed by atoms with Crippen LogP contribution < -0.4 is 15.5 Å². The summed E-state index contributed by atoms with van der Waals surface area (Å²) in [5.41, 5.74) is 0.868. The summed E-state index contributed by atoms with van der Waals surface area (Å²) in [5.74, 6) is -0.286. The quantitative estimate of drug-likeness (QED) is 0.706. The fourth-order valence-corrected chi connectivity index (χ4v) is 3.71. The molecule has 152 valence electrons. The molecule has 2 aliphatic heterocycles. The first-order chi connectivity index (χ1) is 13.3. The molecule has 0 bridgehead atoms. The lowest BCUT2D eigenvalue weighted by molar-refractivity contribution is -0.133. The Hall–Kier alpha value is -2.57. The fraction of sp³-hybridized carbons (Fsp3) is 0.571. The van der Waals surface area contributed by atoms with Gasteiger partial charge >= 0.3 is 6.03 Å². The van der Waals surface area contributed by atoms with E-state index in [1.807, 2.05) is 24.3 Å². The van der Waals surface area contributed by atoms with Crippen LogP contribution in [-0.2, 0) is 9.59 Å². The summed E-state index contributed by atoms with van der Waals surface area (Å²) in [5, 5.41) is 5.52. The van der Waals surface area contributed by atoms with Crippen LogP contribution in [0.25, 0.3) is 0 Å². The van der Waals surface area contributed by atoms with Gasteiger partial charge in [0, 0.05) is 24.5 Å². The number of imide groups is 1. The van der Waals surface area contributed by atoms with Gasteiger partial charge in [-0.15, -0.1) is 0 Å². The molecule has 4 amide bonds. The Labute approximate surface area is 166 Å². The minimum atomic E-state index is -0.932. The van der Waals surface area contributed by atoms with Crippen molar-refractivity contribution in [2.75, 3.05) is 29.9 Å². The number of hydrogen-bond acceptors (Lipinski definition) is 4. The van der Waals surface area contributed by atoms with Gasteiger partial charge in [-0.3, -0.25) is 14.5 Å². The Bertz CT molecular complexity index is 741. The van der Waals surface area contributed by atoms with Gasteiger partial charge < -0.3 is 15.5 Å². The Kier molecular flexibility index (Phi) is 5.91. The lowest BCUT2D eigenvalue weighted by Gasteiger charge is -2.22. The fourth-order valence-electron chi connectivity index (χ4n) is 3.71. The average molecular weight is 386 g/mol. The first-order valence-electron chi connectivity index (χ1n) is 10.1. The molecule has 2 fully saturated rings. The Morgan fingerprint density at radius 1 is 1.18 bits per heavy atom. The molecule has 0 unspecified atom stereocenters. The number of hydrogen-bond donors (Lipinski definition) is 2. The molecule has 1 aromatic carbocycles. The van der Waals surface area contributed by atoms with Gasteiger partial charge in [-0.1, -0.05) is 13.8 Å². The first-order valence-corrected chi connectivity index (χ1v) is 10.1. The molecule has 1 atom stereocenters. The summed E-state index contributed by atoms with van der Waals surface area (Å²) in [6.07, 6.45) is 3.80. The zero-order valence-electron chi connectivity index (χ0n) is 17.0. The minimum Gasteiger partial charge on any atom is -0.372 e. The van der Waals surface area contributed by atoms with Crippen LogP contribution in [0.4, 0.5) is 16.2 Å². The van der Waals surface area contributed by atoms with E-state index in [0.717, 1.165) is 30.1 Å². The summed E-state index contributed by atoms with van der Waals surface area (Å²) in [7, 11) is 0. The lowest BCUT2D eigenvalue weighted by atomic mass is 9.92. The zero-order valence-corrected chi connectivity index (χ0v) is 17.0. The SMILES string of the molecule is CC(C)CC[C@]1(C)NC(=O)N(CC(=O)Nc2ccc(N3CCCC3)cc2)C1=O. The van der Waals surface area contributed by atoms with Crippen molar-refractivity contribution in [2.24, 2.45) is 5.92 Å². The third-order valence-electron chi connectivity index (χ3n) is 5.49. The van der Waals surface area contributed by atoms with Crippen LogP contribution in [-0.4, -0.2) is 47.9 Å². The maximum absolute atomic E-state index is 12.7. The molecule has 0 radical (unpaired) electrons. The number of nitrogens with zero attached hydrogens (tertiary/aromatic N) is 2. The van der Waals surface area contributed by atoms with Crippen LogP contribution in [0.2, 0.25) is 0 Å². The number of urea groups is 1. The molecule has 2 aliphatic rings. The molecule has 0 aromatic heterocycles. The van der Waals surface area contributed by atoms with Crippen LogP contribution in [0.5, 0.6) is 0 Å². The molecule has 7 nitrogen and oxygen atoms in total. The molecule has 3 rings (SSSR count). The molecule has 1 aromatic rings. The summed E-state index contributed by atoms with van der Waals surface area (Å²) < 4.78 is 0. The van der Waals surface area contributed by atoms with Crippen LogP contribution in [0, 0.1) is 5.92 Å². The predicted molar refractivity (Wildman–Crippen MR) is 109 cm³/mol. The van der Waals surface area contributed by atoms with E-state index in [0.29, 0.717) is 18.0 Å². The summed E-state index contributed by atoms with van der Waals surface area (Å²) in [4.78, 5) is 40.6. The van der Waals surface area contributed by atoms with E-state index in [1.54, 1.807) is 6.92 Å². The molecule has 0 aliphatic carbocycles. The summed E-state index contributed by atoms with van der Waals surface area (Å²) in [6.45, 7) is 7.72. The number of rotatable bonds is 7. The predicted octanol–water partition coefficient (Wildman–Crippen LogP) is 2.97. The highest BCUT2D eigenvalue weighted by Crippen LogP contribution is 2.25. The summed E-state index contributed by atoms with van der Waals surface area (Å²) >= 11 is 0. The molecule has 2 heterocycles. The minimum absolute atomic E-state index is 0.282. The van der Waals surface area contributed by atoms with Crippen molar-refractivity contribution in [3.8, 4) is 0 Å². The molecule has 2 N–H and O–H groups in total. The Morgan fingerprint density at radius 3 is 2.43 bits per heavy atom. The average Bonchev–Trinajstić information content (AvgIpc) is 3.25. The maximum atomic E-state index is 12.7. The van der Waals surface area contributed by atoms with Crippen LogP contribution in [0.1, 0.15) is 46.5 Å². The monoisotopic (exact) mass is 386 g/mol. The normalized spacial score (nSPS) is 22.1. The number of carbonyl (C=O) groups excluding carboxylic acids is 3. The van der Waals surface area contributed by atoms with E-state index in [9.17, 15) is 14.4 Å². The van der Waals surface area contributed by atoms with Gasteiger partial charge in [-0.05, 0) is 62.8 Å². The second-order valence-corrected chi connectivity index (χ2v) is 8.38. The van der Waals surface area contributed by atoms with E-state index in [2.05, 4.69) is 29.4 Å². The van der Waals surface area contributed by atoms with E-state index in [4.69, 9.17) is 0 Å². The number of benzene rings is 1. The van der Waals surface area contributed by atoms with Gasteiger partial charge in [0.05, 0.1) is 0 Å². The molecule has 7 heteroatoms. The second-order valence-electron chi connectivity index (χ2n) is 8.38. The van der Waals surface area contributed by atoms with Gasteiger partial charge in [0.1, 0.15) is 12.1 Å². The third-order valence-corrected chi connectivity index (χ3v) is 5.49. The highest BCUT2D eigenvalue weighted by molar-refractivity contribution is 6.09. The van der Waals surface area contributed by atoms with Crippen LogP contribution in [0.3, 0.4) is 0 Å². The lowest BCUT2D eigenvalue weighted by Crippen LogP contribution is -2.44. The van der Waals surface area contributed by atoms with Crippen molar-refractivity contribution in [3.05, 3.63) is 24.3 Å². The van der Waals surface area contributed by atoms with Gasteiger partial charge in [-0.25, -0.2) is 4.79 Å². The molecular formula is C21H30N4O3. The first kappa shape index (κ1) is 20.2. The largest absolute Gasteiger partial charge is 0.372 e. The van der Waals surface area contributed by atoms with Crippen molar-refractivity contribution in [1.82, 2.24) is 10.2 Å².